The van der Waals surface area contributed by atoms with Gasteiger partial charge in [-0.1, -0.05) is 27.7 Å². The maximum Gasteiger partial charge on any atom is 0.201 e. The zero-order valence-electron chi connectivity index (χ0n) is 18.9. The zero-order valence-corrected chi connectivity index (χ0v) is 18.9. The number of phenolic OH excluding ortho intramolecular Hbond substituents is 2. The van der Waals surface area contributed by atoms with Crippen molar-refractivity contribution >= 4 is 0 Å². The fourth-order valence-corrected chi connectivity index (χ4v) is 2.66. The molecule has 0 bridgehead atoms. The summed E-state index contributed by atoms with van der Waals surface area (Å²) in [6, 6.07) is 6.43. The summed E-state index contributed by atoms with van der Waals surface area (Å²) in [7, 11) is 0. The van der Waals surface area contributed by atoms with E-state index in [0.717, 1.165) is 25.7 Å². The summed E-state index contributed by atoms with van der Waals surface area (Å²) in [6.45, 7) is 9.74. The minimum Gasteiger partial charge on any atom is -0.502 e. The summed E-state index contributed by atoms with van der Waals surface area (Å²) in [5.74, 6) is 1.87. The van der Waals surface area contributed by atoms with Crippen LogP contribution in [-0.2, 0) is 0 Å². The van der Waals surface area contributed by atoms with Crippen LogP contribution in [0.1, 0.15) is 53.4 Å². The largest absolute Gasteiger partial charge is 0.502 e. The lowest BCUT2D eigenvalue weighted by Crippen LogP contribution is -2.01. The number of hydrogen-bond donors (Lipinski definition) is 2. The van der Waals surface area contributed by atoms with E-state index in [-0.39, 0.29) is 34.5 Å². The Morgan fingerprint density at radius 2 is 0.774 bits per heavy atom. The molecule has 0 amide bonds. The van der Waals surface area contributed by atoms with Crippen LogP contribution in [-0.4, -0.2) is 36.6 Å². The number of rotatable bonds is 14. The molecule has 0 aliphatic carbocycles. The second-order valence-corrected chi connectivity index (χ2v) is 7.03. The molecule has 0 unspecified atom stereocenters. The van der Waals surface area contributed by atoms with Gasteiger partial charge in [-0.3, -0.25) is 0 Å². The normalized spacial score (nSPS) is 10.6. The first kappa shape index (κ1) is 24.3. The molecule has 7 heteroatoms. The third-order valence-electron chi connectivity index (χ3n) is 4.11. The number of benzene rings is 2. The van der Waals surface area contributed by atoms with Gasteiger partial charge in [0.05, 0.1) is 26.4 Å². The molecule has 0 saturated heterocycles. The molecule has 0 aromatic heterocycles. The van der Waals surface area contributed by atoms with E-state index in [9.17, 15) is 10.2 Å². The summed E-state index contributed by atoms with van der Waals surface area (Å²) in [5, 5.41) is 20.9. The van der Waals surface area contributed by atoms with E-state index < -0.39 is 0 Å². The average molecular weight is 435 g/mol. The molecule has 0 radical (unpaired) electrons. The van der Waals surface area contributed by atoms with Crippen LogP contribution >= 0.6 is 0 Å². The fraction of sp³-hybridized carbons (Fsp3) is 0.500. The maximum absolute atomic E-state index is 10.5. The van der Waals surface area contributed by atoms with Crippen LogP contribution in [0, 0.1) is 0 Å². The Hall–Kier alpha value is -2.96. The smallest absolute Gasteiger partial charge is 0.201 e. The predicted molar refractivity (Wildman–Crippen MR) is 119 cm³/mol. The van der Waals surface area contributed by atoms with Crippen LogP contribution in [0.5, 0.6) is 46.0 Å². The molecule has 2 aromatic carbocycles. The van der Waals surface area contributed by atoms with E-state index in [2.05, 4.69) is 0 Å². The predicted octanol–water partition coefficient (Wildman–Crippen LogP) is 6.05. The highest BCUT2D eigenvalue weighted by Crippen LogP contribution is 2.45. The monoisotopic (exact) mass is 434 g/mol. The van der Waals surface area contributed by atoms with Crippen molar-refractivity contribution in [1.29, 1.82) is 0 Å². The van der Waals surface area contributed by atoms with Gasteiger partial charge in [0.15, 0.2) is 23.0 Å². The van der Waals surface area contributed by atoms with Crippen molar-refractivity contribution in [3.8, 4) is 46.0 Å². The molecule has 172 valence electrons. The minimum absolute atomic E-state index is 0.0566. The molecule has 0 atom stereocenters. The van der Waals surface area contributed by atoms with Gasteiger partial charge in [0.25, 0.3) is 0 Å². The van der Waals surface area contributed by atoms with E-state index >= 15 is 0 Å². The lowest BCUT2D eigenvalue weighted by molar-refractivity contribution is 0.268. The summed E-state index contributed by atoms with van der Waals surface area (Å²) >= 11 is 0. The lowest BCUT2D eigenvalue weighted by Gasteiger charge is -2.17. The molecule has 31 heavy (non-hydrogen) atoms. The fourth-order valence-electron chi connectivity index (χ4n) is 2.66. The number of ether oxygens (including phenoxy) is 5. The third-order valence-corrected chi connectivity index (χ3v) is 4.11. The van der Waals surface area contributed by atoms with Gasteiger partial charge in [-0.2, -0.15) is 0 Å². The van der Waals surface area contributed by atoms with Crippen molar-refractivity contribution in [1.82, 2.24) is 0 Å². The second kappa shape index (κ2) is 12.7. The van der Waals surface area contributed by atoms with Gasteiger partial charge in [-0.25, -0.2) is 0 Å². The summed E-state index contributed by atoms with van der Waals surface area (Å²) in [5.41, 5.74) is 0. The van der Waals surface area contributed by atoms with Crippen molar-refractivity contribution in [2.75, 3.05) is 26.4 Å². The van der Waals surface area contributed by atoms with Crippen molar-refractivity contribution < 1.29 is 33.9 Å². The van der Waals surface area contributed by atoms with Crippen molar-refractivity contribution in [2.24, 2.45) is 0 Å². The standard InChI is InChI=1S/C24H34O7/c1-5-9-27-19-13-17(14-20(23(19)25)28-10-6-2)31-18-15-21(29-11-7-3)24(26)22(16-18)30-12-8-4/h13-16,25-26H,5-12H2,1-4H3. The molecule has 0 aliphatic heterocycles. The quantitative estimate of drug-likeness (QED) is 0.374. The van der Waals surface area contributed by atoms with Gasteiger partial charge in [0.2, 0.25) is 11.5 Å². The van der Waals surface area contributed by atoms with E-state index in [1.54, 1.807) is 24.3 Å². The first-order chi connectivity index (χ1) is 15.0. The number of phenols is 2. The van der Waals surface area contributed by atoms with E-state index in [1.165, 1.54) is 0 Å². The van der Waals surface area contributed by atoms with Crippen molar-refractivity contribution in [3.05, 3.63) is 24.3 Å². The molecule has 0 saturated carbocycles. The van der Waals surface area contributed by atoms with Gasteiger partial charge < -0.3 is 33.9 Å². The summed E-state index contributed by atoms with van der Waals surface area (Å²) in [4.78, 5) is 0. The topological polar surface area (TPSA) is 86.6 Å². The maximum atomic E-state index is 10.5. The van der Waals surface area contributed by atoms with Crippen LogP contribution in [0.4, 0.5) is 0 Å². The van der Waals surface area contributed by atoms with E-state index in [1.807, 2.05) is 27.7 Å². The van der Waals surface area contributed by atoms with Gasteiger partial charge in [-0.15, -0.1) is 0 Å². The van der Waals surface area contributed by atoms with Crippen molar-refractivity contribution in [3.63, 3.8) is 0 Å². The Labute approximate surface area is 184 Å². The molecule has 2 rings (SSSR count). The van der Waals surface area contributed by atoms with Gasteiger partial charge >= 0.3 is 0 Å². The molecule has 0 aliphatic rings. The second-order valence-electron chi connectivity index (χ2n) is 7.03. The van der Waals surface area contributed by atoms with Crippen molar-refractivity contribution in [2.45, 2.75) is 53.4 Å². The van der Waals surface area contributed by atoms with E-state index in [4.69, 9.17) is 23.7 Å². The van der Waals surface area contributed by atoms with E-state index in [0.29, 0.717) is 37.9 Å². The van der Waals surface area contributed by atoms with Crippen LogP contribution in [0.2, 0.25) is 0 Å². The van der Waals surface area contributed by atoms with Crippen LogP contribution < -0.4 is 23.7 Å². The molecule has 0 heterocycles. The first-order valence-corrected chi connectivity index (χ1v) is 11.0. The molecule has 7 nitrogen and oxygen atoms in total. The van der Waals surface area contributed by atoms with Crippen LogP contribution in [0.15, 0.2) is 24.3 Å². The summed E-state index contributed by atoms with van der Waals surface area (Å²) < 4.78 is 28.7. The minimum atomic E-state index is -0.0566. The molecule has 2 N–H and O–H groups in total. The SMILES string of the molecule is CCCOc1cc(Oc2cc(OCCC)c(O)c(OCCC)c2)cc(OCCC)c1O. The van der Waals surface area contributed by atoms with Crippen LogP contribution in [0.25, 0.3) is 0 Å². The number of hydrogen-bond acceptors (Lipinski definition) is 7. The summed E-state index contributed by atoms with van der Waals surface area (Å²) in [6.07, 6.45) is 3.18. The van der Waals surface area contributed by atoms with Gasteiger partial charge in [0, 0.05) is 24.3 Å². The molecular formula is C24H34O7. The highest BCUT2D eigenvalue weighted by Gasteiger charge is 2.17. The molecule has 0 spiro atoms. The Kier molecular flexibility index (Phi) is 9.94. The lowest BCUT2D eigenvalue weighted by atomic mass is 10.2. The zero-order chi connectivity index (χ0) is 22.6. The Morgan fingerprint density at radius 3 is 1.00 bits per heavy atom. The Morgan fingerprint density at radius 1 is 0.516 bits per heavy atom. The Bertz CT molecular complexity index is 694. The highest BCUT2D eigenvalue weighted by molar-refractivity contribution is 5.58. The Balaban J connectivity index is 2.39. The third kappa shape index (κ3) is 7.05. The highest BCUT2D eigenvalue weighted by atomic mass is 16.5. The van der Waals surface area contributed by atoms with Gasteiger partial charge in [-0.05, 0) is 25.7 Å². The van der Waals surface area contributed by atoms with Crippen LogP contribution in [0.3, 0.4) is 0 Å². The molecule has 2 aromatic rings. The first-order valence-electron chi connectivity index (χ1n) is 11.0. The molecule has 0 fully saturated rings. The molecular weight excluding hydrogens is 400 g/mol. The average Bonchev–Trinajstić information content (AvgIpc) is 2.77. The number of aromatic hydroxyl groups is 2. The van der Waals surface area contributed by atoms with Gasteiger partial charge in [0.1, 0.15) is 11.5 Å².